The van der Waals surface area contributed by atoms with Crippen LogP contribution in [0.25, 0.3) is 0 Å². The first-order chi connectivity index (χ1) is 9.04. The average molecular weight is 283 g/mol. The lowest BCUT2D eigenvalue weighted by molar-refractivity contribution is -0.142. The van der Waals surface area contributed by atoms with Gasteiger partial charge in [0.25, 0.3) is 0 Å². The zero-order valence-corrected chi connectivity index (χ0v) is 12.2. The molecule has 0 aromatic carbocycles. The second-order valence-electron chi connectivity index (χ2n) is 5.64. The van der Waals surface area contributed by atoms with Crippen LogP contribution in [-0.4, -0.2) is 27.3 Å². The zero-order valence-electron chi connectivity index (χ0n) is 11.4. The Morgan fingerprint density at radius 2 is 2.26 bits per heavy atom. The van der Waals surface area contributed by atoms with Crippen LogP contribution >= 0.6 is 11.3 Å². The molecule has 0 bridgehead atoms. The van der Waals surface area contributed by atoms with Crippen molar-refractivity contribution in [1.29, 1.82) is 0 Å². The van der Waals surface area contributed by atoms with E-state index in [0.29, 0.717) is 12.3 Å². The molecule has 1 aliphatic carbocycles. The quantitative estimate of drug-likeness (QED) is 0.869. The molecule has 19 heavy (non-hydrogen) atoms. The van der Waals surface area contributed by atoms with Gasteiger partial charge >= 0.3 is 5.97 Å². The first kappa shape index (κ1) is 14.2. The second-order valence-corrected chi connectivity index (χ2v) is 6.70. The van der Waals surface area contributed by atoms with E-state index in [1.54, 1.807) is 11.3 Å². The lowest BCUT2D eigenvalue weighted by Gasteiger charge is -2.26. The van der Waals surface area contributed by atoms with Crippen LogP contribution in [0.2, 0.25) is 0 Å². The highest BCUT2D eigenvalue weighted by Crippen LogP contribution is 2.28. The van der Waals surface area contributed by atoms with E-state index in [4.69, 9.17) is 5.11 Å². The maximum absolute atomic E-state index is 11.0. The third kappa shape index (κ3) is 4.16. The normalized spacial score (nSPS) is 23.5. The Hall–Kier alpha value is -1.17. The van der Waals surface area contributed by atoms with Gasteiger partial charge in [-0.15, -0.1) is 10.2 Å². The van der Waals surface area contributed by atoms with Gasteiger partial charge in [-0.1, -0.05) is 31.6 Å². The first-order valence-corrected chi connectivity index (χ1v) is 7.68. The van der Waals surface area contributed by atoms with Gasteiger partial charge < -0.3 is 10.4 Å². The third-order valence-electron chi connectivity index (χ3n) is 3.40. The van der Waals surface area contributed by atoms with Gasteiger partial charge in [-0.05, 0) is 25.2 Å². The van der Waals surface area contributed by atoms with Crippen molar-refractivity contribution in [2.75, 3.05) is 5.32 Å². The molecule has 2 N–H and O–H groups in total. The minimum Gasteiger partial charge on any atom is -0.481 e. The molecule has 0 aliphatic heterocycles. The van der Waals surface area contributed by atoms with E-state index in [0.717, 1.165) is 35.8 Å². The largest absolute Gasteiger partial charge is 0.481 e. The lowest BCUT2D eigenvalue weighted by atomic mass is 9.86. The van der Waals surface area contributed by atoms with Gasteiger partial charge in [0.15, 0.2) is 0 Å². The van der Waals surface area contributed by atoms with Crippen LogP contribution in [0.15, 0.2) is 0 Å². The van der Waals surface area contributed by atoms with Crippen LogP contribution in [0.1, 0.15) is 44.5 Å². The molecular formula is C13H21N3O2S. The van der Waals surface area contributed by atoms with Gasteiger partial charge in [0.1, 0.15) is 5.01 Å². The number of anilines is 1. The third-order valence-corrected chi connectivity index (χ3v) is 4.28. The van der Waals surface area contributed by atoms with Crippen molar-refractivity contribution in [3.63, 3.8) is 0 Å². The van der Waals surface area contributed by atoms with Crippen molar-refractivity contribution in [3.8, 4) is 0 Å². The molecule has 6 heteroatoms. The van der Waals surface area contributed by atoms with Crippen molar-refractivity contribution in [3.05, 3.63) is 5.01 Å². The highest BCUT2D eigenvalue weighted by molar-refractivity contribution is 7.15. The summed E-state index contributed by atoms with van der Waals surface area (Å²) in [7, 11) is 0. The van der Waals surface area contributed by atoms with Crippen molar-refractivity contribution in [2.45, 2.75) is 52.0 Å². The fourth-order valence-corrected chi connectivity index (χ4v) is 3.49. The SMILES string of the molecule is CC(C)Cc1nnc(NC2CCCC(C(=O)O)C2)s1. The maximum atomic E-state index is 11.0. The van der Waals surface area contributed by atoms with E-state index in [-0.39, 0.29) is 12.0 Å². The van der Waals surface area contributed by atoms with Gasteiger partial charge in [0.05, 0.1) is 5.92 Å². The van der Waals surface area contributed by atoms with E-state index < -0.39 is 5.97 Å². The number of carbonyl (C=O) groups is 1. The number of carboxylic acids is 1. The van der Waals surface area contributed by atoms with Crippen molar-refractivity contribution >= 4 is 22.4 Å². The maximum Gasteiger partial charge on any atom is 0.306 e. The van der Waals surface area contributed by atoms with Gasteiger partial charge in [0, 0.05) is 12.5 Å². The van der Waals surface area contributed by atoms with Gasteiger partial charge in [0.2, 0.25) is 5.13 Å². The van der Waals surface area contributed by atoms with E-state index in [2.05, 4.69) is 29.4 Å². The molecule has 0 amide bonds. The van der Waals surface area contributed by atoms with Crippen LogP contribution in [0.3, 0.4) is 0 Å². The van der Waals surface area contributed by atoms with Crippen molar-refractivity contribution < 1.29 is 9.90 Å². The Labute approximate surface area is 117 Å². The number of rotatable bonds is 5. The number of nitrogens with one attached hydrogen (secondary N) is 1. The molecule has 1 aromatic rings. The monoisotopic (exact) mass is 283 g/mol. The van der Waals surface area contributed by atoms with Gasteiger partial charge in [-0.2, -0.15) is 0 Å². The molecule has 1 saturated carbocycles. The smallest absolute Gasteiger partial charge is 0.306 e. The van der Waals surface area contributed by atoms with E-state index in [9.17, 15) is 4.79 Å². The van der Waals surface area contributed by atoms with Crippen LogP contribution in [0.4, 0.5) is 5.13 Å². The predicted molar refractivity (Wildman–Crippen MR) is 75.5 cm³/mol. The molecular weight excluding hydrogens is 262 g/mol. The highest BCUT2D eigenvalue weighted by atomic mass is 32.1. The molecule has 0 saturated heterocycles. The fraction of sp³-hybridized carbons (Fsp3) is 0.769. The molecule has 2 rings (SSSR count). The molecule has 5 nitrogen and oxygen atoms in total. The van der Waals surface area contributed by atoms with Crippen molar-refractivity contribution in [2.24, 2.45) is 11.8 Å². The Balaban J connectivity index is 1.89. The summed E-state index contributed by atoms with van der Waals surface area (Å²) in [4.78, 5) is 11.0. The van der Waals surface area contributed by atoms with Gasteiger partial charge in [-0.3, -0.25) is 4.79 Å². The van der Waals surface area contributed by atoms with E-state index >= 15 is 0 Å². The summed E-state index contributed by atoms with van der Waals surface area (Å²) in [6.45, 7) is 4.32. The number of aliphatic carboxylic acids is 1. The number of carboxylic acid groups (broad SMARTS) is 1. The molecule has 1 aromatic heterocycles. The molecule has 0 radical (unpaired) electrons. The summed E-state index contributed by atoms with van der Waals surface area (Å²) < 4.78 is 0. The summed E-state index contributed by atoms with van der Waals surface area (Å²) in [6, 6.07) is 0.217. The topological polar surface area (TPSA) is 75.1 Å². The van der Waals surface area contributed by atoms with Crippen LogP contribution < -0.4 is 5.32 Å². The zero-order chi connectivity index (χ0) is 13.8. The summed E-state index contributed by atoms with van der Waals surface area (Å²) in [5.74, 6) is -0.314. The first-order valence-electron chi connectivity index (χ1n) is 6.86. The van der Waals surface area contributed by atoms with Gasteiger partial charge in [-0.25, -0.2) is 0 Å². The fourth-order valence-electron chi connectivity index (χ4n) is 2.46. The molecule has 2 atom stereocenters. The number of aromatic nitrogens is 2. The Morgan fingerprint density at radius 1 is 1.47 bits per heavy atom. The molecule has 106 valence electrons. The van der Waals surface area contributed by atoms with Crippen LogP contribution in [0.5, 0.6) is 0 Å². The minimum atomic E-state index is -0.677. The molecule has 1 heterocycles. The molecule has 1 aliphatic rings. The average Bonchev–Trinajstić information content (AvgIpc) is 2.76. The number of hydrogen-bond acceptors (Lipinski definition) is 5. The highest BCUT2D eigenvalue weighted by Gasteiger charge is 2.27. The Bertz CT molecular complexity index is 433. The van der Waals surface area contributed by atoms with Crippen molar-refractivity contribution in [1.82, 2.24) is 10.2 Å². The number of hydrogen-bond donors (Lipinski definition) is 2. The Morgan fingerprint density at radius 3 is 2.95 bits per heavy atom. The second kappa shape index (κ2) is 6.32. The predicted octanol–water partition coefficient (Wildman–Crippen LogP) is 2.79. The Kier molecular flexibility index (Phi) is 4.74. The summed E-state index contributed by atoms with van der Waals surface area (Å²) in [6.07, 6.45) is 4.41. The molecule has 1 fully saturated rings. The number of nitrogens with zero attached hydrogens (tertiary/aromatic N) is 2. The summed E-state index contributed by atoms with van der Waals surface area (Å²) >= 11 is 1.58. The minimum absolute atomic E-state index is 0.214. The summed E-state index contributed by atoms with van der Waals surface area (Å²) in [5.41, 5.74) is 0. The summed E-state index contributed by atoms with van der Waals surface area (Å²) in [5, 5.41) is 22.6. The van der Waals surface area contributed by atoms with Crippen LogP contribution in [0, 0.1) is 11.8 Å². The standard InChI is InChI=1S/C13H21N3O2S/c1-8(2)6-11-15-16-13(19-11)14-10-5-3-4-9(7-10)12(17)18/h8-10H,3-7H2,1-2H3,(H,14,16)(H,17,18). The lowest BCUT2D eigenvalue weighted by Crippen LogP contribution is -2.30. The molecule has 2 unspecified atom stereocenters. The van der Waals surface area contributed by atoms with E-state index in [1.807, 2.05) is 0 Å². The van der Waals surface area contributed by atoms with Crippen LogP contribution in [-0.2, 0) is 11.2 Å². The molecule has 0 spiro atoms. The van der Waals surface area contributed by atoms with E-state index in [1.165, 1.54) is 0 Å².